The molecule has 1 aromatic carbocycles. The molecule has 1 aliphatic heterocycles. The first-order valence-corrected chi connectivity index (χ1v) is 11.3. The van der Waals surface area contributed by atoms with Crippen LogP contribution in [-0.2, 0) is 13.0 Å². The number of aliphatic imine (C=N–C) groups is 1. The van der Waals surface area contributed by atoms with Crippen LogP contribution < -0.4 is 15.5 Å². The molecule has 3 N–H and O–H groups in total. The Morgan fingerprint density at radius 1 is 1.15 bits per heavy atom. The first-order chi connectivity index (χ1) is 15.7. The lowest BCUT2D eigenvalue weighted by molar-refractivity contribution is 0.270. The Bertz CT molecular complexity index is 1040. The number of hydrogen-bond acceptors (Lipinski definition) is 4. The molecule has 1 saturated heterocycles. The van der Waals surface area contributed by atoms with Crippen LogP contribution in [0.1, 0.15) is 18.1 Å². The predicted octanol–water partition coefficient (Wildman–Crippen LogP) is 3.37. The molecule has 0 aliphatic carbocycles. The lowest BCUT2D eigenvalue weighted by Crippen LogP contribution is -2.46. The minimum atomic E-state index is -0.216. The van der Waals surface area contributed by atoms with Gasteiger partial charge in [0.05, 0.1) is 0 Å². The Morgan fingerprint density at radius 3 is 2.67 bits per heavy atom. The largest absolute Gasteiger partial charge is 0.361 e. The number of benzene rings is 1. The van der Waals surface area contributed by atoms with Crippen molar-refractivity contribution < 1.29 is 4.39 Å². The second kappa shape index (κ2) is 12.2. The zero-order chi connectivity index (χ0) is 22.3. The molecule has 0 radical (unpaired) electrons. The van der Waals surface area contributed by atoms with E-state index in [0.717, 1.165) is 73.0 Å². The Labute approximate surface area is 211 Å². The topological polar surface area (TPSA) is 71.6 Å². The number of hydrogen-bond donors (Lipinski definition) is 3. The minimum Gasteiger partial charge on any atom is -0.361 e. The first kappa shape index (κ1) is 25.2. The van der Waals surface area contributed by atoms with Crippen LogP contribution in [0.2, 0.25) is 0 Å². The number of aromatic nitrogens is 2. The van der Waals surface area contributed by atoms with Gasteiger partial charge in [-0.3, -0.25) is 4.99 Å². The van der Waals surface area contributed by atoms with Crippen LogP contribution in [0.25, 0.3) is 10.9 Å². The number of halogens is 2. The van der Waals surface area contributed by atoms with Crippen molar-refractivity contribution >= 4 is 46.7 Å². The van der Waals surface area contributed by atoms with Crippen LogP contribution in [0.4, 0.5) is 10.2 Å². The van der Waals surface area contributed by atoms with Gasteiger partial charge in [-0.2, -0.15) is 0 Å². The number of pyridine rings is 1. The number of nitrogens with one attached hydrogen (secondary N) is 3. The van der Waals surface area contributed by atoms with Gasteiger partial charge in [-0.15, -0.1) is 24.0 Å². The zero-order valence-electron chi connectivity index (χ0n) is 19.3. The van der Waals surface area contributed by atoms with Gasteiger partial charge < -0.3 is 25.4 Å². The number of anilines is 1. The minimum absolute atomic E-state index is 0. The predicted molar refractivity (Wildman–Crippen MR) is 144 cm³/mol. The van der Waals surface area contributed by atoms with E-state index in [1.54, 1.807) is 19.2 Å². The molecule has 0 atom stereocenters. The third-order valence-electron chi connectivity index (χ3n) is 6.05. The fraction of sp³-hybridized carbons (Fsp3) is 0.417. The SMILES string of the molecule is CCN1CCN(c2ccc(CNC(=NC)NCCc3c[nH]c4ccc(F)cc34)cn2)CC1.I. The molecule has 0 spiro atoms. The summed E-state index contributed by atoms with van der Waals surface area (Å²) in [5.74, 6) is 1.56. The van der Waals surface area contributed by atoms with E-state index in [2.05, 4.69) is 54.5 Å². The van der Waals surface area contributed by atoms with Crippen molar-refractivity contribution in [3.8, 4) is 0 Å². The molecule has 7 nitrogen and oxygen atoms in total. The quantitative estimate of drug-likeness (QED) is 0.233. The lowest BCUT2D eigenvalue weighted by Gasteiger charge is -2.34. The van der Waals surface area contributed by atoms with Gasteiger partial charge in [-0.05, 0) is 48.4 Å². The third kappa shape index (κ3) is 6.57. The second-order valence-electron chi connectivity index (χ2n) is 8.05. The molecule has 33 heavy (non-hydrogen) atoms. The maximum atomic E-state index is 13.6. The van der Waals surface area contributed by atoms with Crippen molar-refractivity contribution in [2.75, 3.05) is 51.2 Å². The van der Waals surface area contributed by atoms with E-state index in [4.69, 9.17) is 0 Å². The highest BCUT2D eigenvalue weighted by Gasteiger charge is 2.16. The van der Waals surface area contributed by atoms with Gasteiger partial charge >= 0.3 is 0 Å². The smallest absolute Gasteiger partial charge is 0.191 e. The van der Waals surface area contributed by atoms with Gasteiger partial charge in [0, 0.05) is 69.6 Å². The van der Waals surface area contributed by atoms with Crippen molar-refractivity contribution in [3.05, 3.63) is 59.7 Å². The van der Waals surface area contributed by atoms with Gasteiger partial charge in [0.25, 0.3) is 0 Å². The highest BCUT2D eigenvalue weighted by molar-refractivity contribution is 14.0. The van der Waals surface area contributed by atoms with Crippen LogP contribution in [0, 0.1) is 5.82 Å². The van der Waals surface area contributed by atoms with Gasteiger partial charge in [0.15, 0.2) is 5.96 Å². The van der Waals surface area contributed by atoms with E-state index < -0.39 is 0 Å². The number of H-pyrrole nitrogens is 1. The number of aromatic amines is 1. The lowest BCUT2D eigenvalue weighted by atomic mass is 10.1. The number of guanidine groups is 1. The molecule has 1 aliphatic rings. The molecular weight excluding hydrogens is 532 g/mol. The van der Waals surface area contributed by atoms with Crippen LogP contribution in [0.15, 0.2) is 47.7 Å². The van der Waals surface area contributed by atoms with E-state index in [9.17, 15) is 4.39 Å². The molecule has 9 heteroatoms. The van der Waals surface area contributed by atoms with Crippen molar-refractivity contribution in [3.63, 3.8) is 0 Å². The molecule has 0 amide bonds. The first-order valence-electron chi connectivity index (χ1n) is 11.3. The number of fused-ring (bicyclic) bond motifs is 1. The summed E-state index contributed by atoms with van der Waals surface area (Å²) in [4.78, 5) is 17.0. The van der Waals surface area contributed by atoms with Crippen molar-refractivity contribution in [2.45, 2.75) is 19.9 Å². The molecule has 178 valence electrons. The maximum Gasteiger partial charge on any atom is 0.191 e. The normalized spacial score (nSPS) is 14.9. The van der Waals surface area contributed by atoms with Crippen LogP contribution in [0.5, 0.6) is 0 Å². The van der Waals surface area contributed by atoms with Crippen molar-refractivity contribution in [2.24, 2.45) is 4.99 Å². The third-order valence-corrected chi connectivity index (χ3v) is 6.05. The fourth-order valence-corrected chi connectivity index (χ4v) is 4.08. The Balaban J connectivity index is 0.00000306. The molecule has 3 aromatic rings. The van der Waals surface area contributed by atoms with E-state index in [1.807, 2.05) is 12.4 Å². The van der Waals surface area contributed by atoms with Crippen LogP contribution in [0.3, 0.4) is 0 Å². The summed E-state index contributed by atoms with van der Waals surface area (Å²) in [6, 6.07) is 9.04. The van der Waals surface area contributed by atoms with Crippen LogP contribution >= 0.6 is 24.0 Å². The van der Waals surface area contributed by atoms with E-state index >= 15 is 0 Å². The molecule has 1 fully saturated rings. The Kier molecular flexibility index (Phi) is 9.30. The van der Waals surface area contributed by atoms with Crippen molar-refractivity contribution in [1.29, 1.82) is 0 Å². The second-order valence-corrected chi connectivity index (χ2v) is 8.05. The number of rotatable bonds is 7. The molecule has 0 bridgehead atoms. The summed E-state index contributed by atoms with van der Waals surface area (Å²) in [6.07, 6.45) is 4.64. The Hall–Kier alpha value is -2.40. The molecule has 2 aromatic heterocycles. The number of nitrogens with zero attached hydrogens (tertiary/aromatic N) is 4. The van der Waals surface area contributed by atoms with Gasteiger partial charge in [-0.25, -0.2) is 9.37 Å². The summed E-state index contributed by atoms with van der Waals surface area (Å²) in [7, 11) is 1.76. The van der Waals surface area contributed by atoms with E-state index in [-0.39, 0.29) is 29.8 Å². The van der Waals surface area contributed by atoms with Crippen LogP contribution in [-0.4, -0.2) is 67.1 Å². The molecular formula is C24H33FIN7. The highest BCUT2D eigenvalue weighted by atomic mass is 127. The molecule has 0 unspecified atom stereocenters. The molecule has 3 heterocycles. The standard InChI is InChI=1S/C24H32FN7.HI/c1-3-31-10-12-32(13-11-31)23-7-4-18(15-29-23)16-30-24(26-2)27-9-8-19-17-28-22-6-5-20(25)14-21(19)22;/h4-7,14-15,17,28H,3,8-13,16H2,1-2H3,(H2,26,27,30);1H. The monoisotopic (exact) mass is 565 g/mol. The van der Waals surface area contributed by atoms with Crippen molar-refractivity contribution in [1.82, 2.24) is 25.5 Å². The summed E-state index contributed by atoms with van der Waals surface area (Å²) < 4.78 is 13.6. The summed E-state index contributed by atoms with van der Waals surface area (Å²) in [6.45, 7) is 8.91. The molecule has 4 rings (SSSR count). The van der Waals surface area contributed by atoms with Gasteiger partial charge in [-0.1, -0.05) is 13.0 Å². The van der Waals surface area contributed by atoms with E-state index in [1.165, 1.54) is 6.07 Å². The number of likely N-dealkylation sites (N-methyl/N-ethyl adjacent to an activating group) is 1. The maximum absolute atomic E-state index is 13.6. The summed E-state index contributed by atoms with van der Waals surface area (Å²) in [5, 5.41) is 7.59. The van der Waals surface area contributed by atoms with Gasteiger partial charge in [0.2, 0.25) is 0 Å². The van der Waals surface area contributed by atoms with E-state index in [0.29, 0.717) is 13.1 Å². The zero-order valence-corrected chi connectivity index (χ0v) is 21.6. The number of piperazine rings is 1. The fourth-order valence-electron chi connectivity index (χ4n) is 4.08. The average Bonchev–Trinajstić information content (AvgIpc) is 3.23. The molecule has 0 saturated carbocycles. The Morgan fingerprint density at radius 2 is 1.97 bits per heavy atom. The summed E-state index contributed by atoms with van der Waals surface area (Å²) in [5.41, 5.74) is 3.14. The summed E-state index contributed by atoms with van der Waals surface area (Å²) >= 11 is 0. The average molecular weight is 565 g/mol. The highest BCUT2D eigenvalue weighted by Crippen LogP contribution is 2.19. The van der Waals surface area contributed by atoms with Gasteiger partial charge in [0.1, 0.15) is 11.6 Å².